The lowest BCUT2D eigenvalue weighted by atomic mass is 10.1. The Hall–Kier alpha value is -3.20. The fourth-order valence-corrected chi connectivity index (χ4v) is 2.86. The van der Waals surface area contributed by atoms with Crippen LogP contribution in [0.25, 0.3) is 11.0 Å². The number of hydrogen-bond donors (Lipinski definition) is 1. The first-order valence-corrected chi connectivity index (χ1v) is 8.34. The lowest BCUT2D eigenvalue weighted by molar-refractivity contribution is -0.152. The van der Waals surface area contributed by atoms with Gasteiger partial charge in [-0.25, -0.2) is 9.59 Å². The summed E-state index contributed by atoms with van der Waals surface area (Å²) >= 11 is 0. The number of hydrogen-bond acceptors (Lipinski definition) is 8. The van der Waals surface area contributed by atoms with Crippen LogP contribution in [0.2, 0.25) is 0 Å². The molecule has 1 saturated heterocycles. The van der Waals surface area contributed by atoms with E-state index in [0.29, 0.717) is 11.1 Å². The lowest BCUT2D eigenvalue weighted by Crippen LogP contribution is -2.60. The van der Waals surface area contributed by atoms with Crippen molar-refractivity contribution in [3.63, 3.8) is 0 Å². The monoisotopic (exact) mass is 374 g/mol. The van der Waals surface area contributed by atoms with Gasteiger partial charge in [0.2, 0.25) is 0 Å². The Morgan fingerprint density at radius 1 is 1.33 bits per heavy atom. The minimum absolute atomic E-state index is 0.0170. The van der Waals surface area contributed by atoms with Crippen LogP contribution in [-0.4, -0.2) is 55.5 Å². The maximum atomic E-state index is 12.8. The summed E-state index contributed by atoms with van der Waals surface area (Å²) in [4.78, 5) is 50.4. The van der Waals surface area contributed by atoms with E-state index in [1.807, 2.05) is 0 Å². The molecule has 3 rings (SSSR count). The van der Waals surface area contributed by atoms with Crippen LogP contribution < -0.4 is 15.7 Å². The maximum Gasteiger partial charge on any atom is 0.349 e. The molecule has 142 valence electrons. The Labute approximate surface area is 153 Å². The van der Waals surface area contributed by atoms with Gasteiger partial charge in [0.25, 0.3) is 11.8 Å². The molecule has 1 aromatic carbocycles. The summed E-state index contributed by atoms with van der Waals surface area (Å²) in [7, 11) is 1.43. The van der Waals surface area contributed by atoms with Crippen molar-refractivity contribution < 1.29 is 28.3 Å². The minimum Gasteiger partial charge on any atom is -0.493 e. The number of para-hydroxylation sites is 1. The fourth-order valence-electron chi connectivity index (χ4n) is 2.86. The molecule has 2 heterocycles. The molecule has 1 N–H and O–H groups in total. The number of methoxy groups -OCH3 is 1. The summed E-state index contributed by atoms with van der Waals surface area (Å²) in [6.45, 7) is 1.94. The Bertz CT molecular complexity index is 966. The van der Waals surface area contributed by atoms with E-state index in [4.69, 9.17) is 13.9 Å². The first kappa shape index (κ1) is 18.6. The highest BCUT2D eigenvalue weighted by molar-refractivity contribution is 6.13. The molecular weight excluding hydrogens is 356 g/mol. The van der Waals surface area contributed by atoms with Gasteiger partial charge in [0.05, 0.1) is 13.7 Å². The van der Waals surface area contributed by atoms with Gasteiger partial charge in [-0.2, -0.15) is 0 Å². The van der Waals surface area contributed by atoms with Gasteiger partial charge < -0.3 is 13.9 Å². The smallest absolute Gasteiger partial charge is 0.349 e. The average molecular weight is 374 g/mol. The molecule has 27 heavy (non-hydrogen) atoms. The van der Waals surface area contributed by atoms with E-state index >= 15 is 0 Å². The zero-order valence-electron chi connectivity index (χ0n) is 14.8. The topological polar surface area (TPSA) is 115 Å². The first-order valence-electron chi connectivity index (χ1n) is 8.34. The van der Waals surface area contributed by atoms with Crippen LogP contribution in [0, 0.1) is 0 Å². The van der Waals surface area contributed by atoms with Crippen LogP contribution in [0.3, 0.4) is 0 Å². The molecule has 1 fully saturated rings. The predicted molar refractivity (Wildman–Crippen MR) is 93.5 cm³/mol. The van der Waals surface area contributed by atoms with Crippen molar-refractivity contribution >= 4 is 28.8 Å². The van der Waals surface area contributed by atoms with Crippen LogP contribution in [0.15, 0.2) is 33.5 Å². The second-order valence-electron chi connectivity index (χ2n) is 5.76. The van der Waals surface area contributed by atoms with Crippen molar-refractivity contribution in [2.45, 2.75) is 13.0 Å². The van der Waals surface area contributed by atoms with Crippen LogP contribution in [0.4, 0.5) is 0 Å². The third-order valence-corrected chi connectivity index (χ3v) is 4.14. The number of ether oxygens (including phenoxy) is 2. The van der Waals surface area contributed by atoms with E-state index in [0.717, 1.165) is 4.90 Å². The van der Waals surface area contributed by atoms with E-state index in [2.05, 4.69) is 5.32 Å². The van der Waals surface area contributed by atoms with Gasteiger partial charge in [-0.1, -0.05) is 12.1 Å². The third kappa shape index (κ3) is 3.41. The van der Waals surface area contributed by atoms with E-state index in [9.17, 15) is 19.2 Å². The highest BCUT2D eigenvalue weighted by atomic mass is 16.5. The number of rotatable bonds is 4. The molecule has 0 spiro atoms. The number of esters is 1. The number of imide groups is 1. The molecule has 9 nitrogen and oxygen atoms in total. The molecule has 0 bridgehead atoms. The van der Waals surface area contributed by atoms with Crippen molar-refractivity contribution in [2.24, 2.45) is 0 Å². The summed E-state index contributed by atoms with van der Waals surface area (Å²) in [6, 6.07) is 5.02. The molecular formula is C18H18N2O7. The summed E-state index contributed by atoms with van der Waals surface area (Å²) in [5.74, 6) is -2.01. The molecule has 1 aromatic heterocycles. The molecule has 0 aliphatic carbocycles. The van der Waals surface area contributed by atoms with Gasteiger partial charge in [-0.05, 0) is 19.1 Å². The summed E-state index contributed by atoms with van der Waals surface area (Å²) < 4.78 is 15.2. The standard InChI is InChI=1S/C18H18N2O7/c1-3-26-18(24)13-16(22)20(8-7-19-13)15(21)11-9-10-5-4-6-12(25-2)14(10)27-17(11)23/h4-6,9,13,19H,3,7-8H2,1-2H3. The zero-order valence-corrected chi connectivity index (χ0v) is 14.8. The van der Waals surface area contributed by atoms with E-state index in [1.165, 1.54) is 13.2 Å². The number of carbonyl (C=O) groups excluding carboxylic acids is 3. The van der Waals surface area contributed by atoms with Crippen molar-refractivity contribution in [1.29, 1.82) is 0 Å². The summed E-state index contributed by atoms with van der Waals surface area (Å²) in [5, 5.41) is 3.19. The van der Waals surface area contributed by atoms with Gasteiger partial charge in [0.15, 0.2) is 17.4 Å². The lowest BCUT2D eigenvalue weighted by Gasteiger charge is -2.30. The molecule has 1 aliphatic heterocycles. The SMILES string of the molecule is CCOC(=O)C1NCCN(C(=O)c2cc3cccc(OC)c3oc2=O)C1=O. The van der Waals surface area contributed by atoms with Crippen LogP contribution in [0.5, 0.6) is 5.75 Å². The number of nitrogens with one attached hydrogen (secondary N) is 1. The number of nitrogens with zero attached hydrogens (tertiary/aromatic N) is 1. The van der Waals surface area contributed by atoms with Gasteiger partial charge in [-0.3, -0.25) is 19.8 Å². The average Bonchev–Trinajstić information content (AvgIpc) is 2.66. The Balaban J connectivity index is 1.95. The maximum absolute atomic E-state index is 12.8. The van der Waals surface area contributed by atoms with E-state index in [1.54, 1.807) is 25.1 Å². The second-order valence-corrected chi connectivity index (χ2v) is 5.76. The summed E-state index contributed by atoms with van der Waals surface area (Å²) in [5.41, 5.74) is -0.984. The van der Waals surface area contributed by atoms with Crippen LogP contribution >= 0.6 is 0 Å². The predicted octanol–water partition coefficient (Wildman–Crippen LogP) is 0.305. The molecule has 2 aromatic rings. The van der Waals surface area contributed by atoms with E-state index in [-0.39, 0.29) is 30.8 Å². The number of fused-ring (bicyclic) bond motifs is 1. The van der Waals surface area contributed by atoms with Gasteiger partial charge in [0.1, 0.15) is 5.56 Å². The highest BCUT2D eigenvalue weighted by Crippen LogP contribution is 2.24. The Morgan fingerprint density at radius 2 is 2.11 bits per heavy atom. The van der Waals surface area contributed by atoms with Crippen molar-refractivity contribution in [3.8, 4) is 5.75 Å². The van der Waals surface area contributed by atoms with Crippen molar-refractivity contribution in [3.05, 3.63) is 40.2 Å². The third-order valence-electron chi connectivity index (χ3n) is 4.14. The quantitative estimate of drug-likeness (QED) is 0.352. The van der Waals surface area contributed by atoms with Gasteiger partial charge >= 0.3 is 11.6 Å². The van der Waals surface area contributed by atoms with Crippen LogP contribution in [0.1, 0.15) is 17.3 Å². The normalized spacial score (nSPS) is 17.0. The van der Waals surface area contributed by atoms with Crippen molar-refractivity contribution in [1.82, 2.24) is 10.2 Å². The first-order chi connectivity index (χ1) is 13.0. The van der Waals surface area contributed by atoms with E-state index < -0.39 is 29.5 Å². The minimum atomic E-state index is -1.28. The molecule has 0 radical (unpaired) electrons. The Kier molecular flexibility index (Phi) is 5.22. The zero-order chi connectivity index (χ0) is 19.6. The number of piperazine rings is 1. The molecule has 1 aliphatic rings. The number of benzene rings is 1. The fraction of sp³-hybridized carbons (Fsp3) is 0.333. The number of amides is 2. The second kappa shape index (κ2) is 7.58. The number of carbonyl (C=O) groups is 3. The van der Waals surface area contributed by atoms with Gasteiger partial charge in [0, 0.05) is 18.5 Å². The molecule has 2 amide bonds. The molecule has 1 unspecified atom stereocenters. The largest absolute Gasteiger partial charge is 0.493 e. The Morgan fingerprint density at radius 3 is 2.81 bits per heavy atom. The molecule has 1 atom stereocenters. The molecule has 0 saturated carbocycles. The highest BCUT2D eigenvalue weighted by Gasteiger charge is 2.39. The van der Waals surface area contributed by atoms with Crippen molar-refractivity contribution in [2.75, 3.05) is 26.8 Å². The van der Waals surface area contributed by atoms with Crippen LogP contribution in [-0.2, 0) is 14.3 Å². The molecule has 9 heteroatoms. The summed E-state index contributed by atoms with van der Waals surface area (Å²) in [6.07, 6.45) is 0. The van der Waals surface area contributed by atoms with Gasteiger partial charge in [-0.15, -0.1) is 0 Å².